The topological polar surface area (TPSA) is 67.2 Å². The van der Waals surface area contributed by atoms with E-state index in [1.54, 1.807) is 12.5 Å². The van der Waals surface area contributed by atoms with Crippen LogP contribution < -0.4 is 5.32 Å². The van der Waals surface area contributed by atoms with Gasteiger partial charge in [-0.3, -0.25) is 0 Å². The van der Waals surface area contributed by atoms with E-state index in [1.807, 2.05) is 11.5 Å². The van der Waals surface area contributed by atoms with E-state index < -0.39 is 11.8 Å². The summed E-state index contributed by atoms with van der Waals surface area (Å²) in [5.74, 6) is -2.02. The van der Waals surface area contributed by atoms with Gasteiger partial charge in [-0.15, -0.1) is 0 Å². The lowest BCUT2D eigenvalue weighted by Crippen LogP contribution is -2.07. The summed E-state index contributed by atoms with van der Waals surface area (Å²) in [4.78, 5) is 14.9. The number of anilines is 1. The first-order chi connectivity index (χ1) is 9.11. The Morgan fingerprint density at radius 3 is 3.00 bits per heavy atom. The molecule has 0 saturated heterocycles. The van der Waals surface area contributed by atoms with E-state index in [9.17, 15) is 9.18 Å². The first kappa shape index (κ1) is 13.1. The fourth-order valence-electron chi connectivity index (χ4n) is 1.77. The average molecular weight is 263 g/mol. The largest absolute Gasteiger partial charge is 0.478 e. The minimum atomic E-state index is -1.28. The summed E-state index contributed by atoms with van der Waals surface area (Å²) in [6, 6.07) is 3.93. The normalized spacial score (nSPS) is 10.4. The molecule has 6 heteroatoms. The van der Waals surface area contributed by atoms with Crippen LogP contribution in [0.5, 0.6) is 0 Å². The number of hydrogen-bond donors (Lipinski definition) is 2. The van der Waals surface area contributed by atoms with E-state index in [-0.39, 0.29) is 5.56 Å². The summed E-state index contributed by atoms with van der Waals surface area (Å²) >= 11 is 0. The molecule has 1 heterocycles. The zero-order valence-corrected chi connectivity index (χ0v) is 10.4. The van der Waals surface area contributed by atoms with Crippen LogP contribution in [-0.2, 0) is 13.1 Å². The fourth-order valence-corrected chi connectivity index (χ4v) is 1.77. The number of imidazole rings is 1. The third-order valence-corrected chi connectivity index (χ3v) is 2.81. The van der Waals surface area contributed by atoms with E-state index in [2.05, 4.69) is 10.3 Å². The highest BCUT2D eigenvalue weighted by Crippen LogP contribution is 2.15. The smallest absolute Gasteiger partial charge is 0.338 e. The van der Waals surface area contributed by atoms with Crippen molar-refractivity contribution in [3.05, 3.63) is 47.8 Å². The van der Waals surface area contributed by atoms with Gasteiger partial charge < -0.3 is 15.0 Å². The molecule has 0 amide bonds. The van der Waals surface area contributed by atoms with Crippen molar-refractivity contribution in [2.45, 2.75) is 20.0 Å². The highest BCUT2D eigenvalue weighted by atomic mass is 19.1. The van der Waals surface area contributed by atoms with Gasteiger partial charge in [-0.25, -0.2) is 14.2 Å². The Bertz CT molecular complexity index is 595. The van der Waals surface area contributed by atoms with Gasteiger partial charge in [-0.05, 0) is 25.1 Å². The van der Waals surface area contributed by atoms with Crippen LogP contribution >= 0.6 is 0 Å². The minimum absolute atomic E-state index is 0.339. The molecule has 0 unspecified atom stereocenters. The molecule has 2 N–H and O–H groups in total. The molecule has 1 aromatic heterocycles. The summed E-state index contributed by atoms with van der Waals surface area (Å²) in [5, 5.41) is 11.9. The Hall–Kier alpha value is -2.37. The maximum Gasteiger partial charge on any atom is 0.338 e. The molecule has 19 heavy (non-hydrogen) atoms. The van der Waals surface area contributed by atoms with Crippen LogP contribution in [-0.4, -0.2) is 20.6 Å². The van der Waals surface area contributed by atoms with Crippen LogP contribution in [0.15, 0.2) is 30.7 Å². The highest BCUT2D eigenvalue weighted by molar-refractivity contribution is 5.89. The average Bonchev–Trinajstić information content (AvgIpc) is 2.84. The van der Waals surface area contributed by atoms with Crippen LogP contribution in [0, 0.1) is 5.82 Å². The molecule has 2 aromatic rings. The fraction of sp³-hybridized carbons (Fsp3) is 0.231. The molecule has 0 aliphatic rings. The SMILES string of the molecule is CCn1cncc1CNc1ccc(F)c(C(=O)O)c1. The second-order valence-electron chi connectivity index (χ2n) is 4.02. The molecule has 1 aromatic carbocycles. The van der Waals surface area contributed by atoms with Gasteiger partial charge in [0, 0.05) is 18.4 Å². The summed E-state index contributed by atoms with van der Waals surface area (Å²) in [7, 11) is 0. The highest BCUT2D eigenvalue weighted by Gasteiger charge is 2.10. The van der Waals surface area contributed by atoms with Crippen molar-refractivity contribution in [2.24, 2.45) is 0 Å². The van der Waals surface area contributed by atoms with Gasteiger partial charge in [0.1, 0.15) is 5.82 Å². The van der Waals surface area contributed by atoms with Crippen molar-refractivity contribution in [3.63, 3.8) is 0 Å². The molecular weight excluding hydrogens is 249 g/mol. The van der Waals surface area contributed by atoms with Gasteiger partial charge in [-0.2, -0.15) is 0 Å². The van der Waals surface area contributed by atoms with E-state index >= 15 is 0 Å². The van der Waals surface area contributed by atoms with Gasteiger partial charge in [0.25, 0.3) is 0 Å². The van der Waals surface area contributed by atoms with Crippen LogP contribution in [0.25, 0.3) is 0 Å². The van der Waals surface area contributed by atoms with Crippen LogP contribution in [0.1, 0.15) is 23.0 Å². The van der Waals surface area contributed by atoms with E-state index in [4.69, 9.17) is 5.11 Å². The predicted octanol–water partition coefficient (Wildman–Crippen LogP) is 2.35. The number of nitrogens with one attached hydrogen (secondary N) is 1. The monoisotopic (exact) mass is 263 g/mol. The molecular formula is C13H14FN3O2. The zero-order chi connectivity index (χ0) is 13.8. The number of carboxylic acid groups (broad SMARTS) is 1. The van der Waals surface area contributed by atoms with Crippen molar-refractivity contribution in [2.75, 3.05) is 5.32 Å². The van der Waals surface area contributed by atoms with Crippen LogP contribution in [0.3, 0.4) is 0 Å². The Labute approximate surface area is 109 Å². The molecule has 2 rings (SSSR count). The van der Waals surface area contributed by atoms with Gasteiger partial charge in [-0.1, -0.05) is 0 Å². The zero-order valence-electron chi connectivity index (χ0n) is 10.4. The molecule has 100 valence electrons. The second kappa shape index (κ2) is 5.51. The second-order valence-corrected chi connectivity index (χ2v) is 4.02. The Morgan fingerprint density at radius 2 is 2.32 bits per heavy atom. The number of rotatable bonds is 5. The van der Waals surface area contributed by atoms with Crippen molar-refractivity contribution >= 4 is 11.7 Å². The number of nitrogens with zero attached hydrogens (tertiary/aromatic N) is 2. The molecule has 0 fully saturated rings. The van der Waals surface area contributed by atoms with E-state index in [1.165, 1.54) is 12.1 Å². The summed E-state index contributed by atoms with van der Waals surface area (Å²) in [6.45, 7) is 3.31. The van der Waals surface area contributed by atoms with Crippen LogP contribution in [0.2, 0.25) is 0 Å². The predicted molar refractivity (Wildman–Crippen MR) is 68.6 cm³/mol. The summed E-state index contributed by atoms with van der Waals surface area (Å²) in [5.41, 5.74) is 1.19. The van der Waals surface area contributed by atoms with Crippen LogP contribution in [0.4, 0.5) is 10.1 Å². The number of benzene rings is 1. The third-order valence-electron chi connectivity index (χ3n) is 2.81. The van der Waals surface area contributed by atoms with E-state index in [0.29, 0.717) is 12.2 Å². The molecule has 5 nitrogen and oxygen atoms in total. The Morgan fingerprint density at radius 1 is 1.53 bits per heavy atom. The van der Waals surface area contributed by atoms with Gasteiger partial charge in [0.2, 0.25) is 0 Å². The molecule has 0 atom stereocenters. The molecule has 0 radical (unpaired) electrons. The lowest BCUT2D eigenvalue weighted by atomic mass is 10.2. The van der Waals surface area contributed by atoms with Gasteiger partial charge in [0.15, 0.2) is 0 Å². The molecule has 0 aliphatic heterocycles. The molecule has 0 spiro atoms. The number of aryl methyl sites for hydroxylation is 1. The Kier molecular flexibility index (Phi) is 3.79. The molecule has 0 bridgehead atoms. The maximum absolute atomic E-state index is 13.2. The maximum atomic E-state index is 13.2. The van der Waals surface area contributed by atoms with Crippen molar-refractivity contribution in [1.29, 1.82) is 0 Å². The van der Waals surface area contributed by atoms with Crippen molar-refractivity contribution in [3.8, 4) is 0 Å². The Balaban J connectivity index is 2.12. The number of aromatic carboxylic acids is 1. The lowest BCUT2D eigenvalue weighted by molar-refractivity contribution is 0.0692. The standard InChI is InChI=1S/C13H14FN3O2/c1-2-17-8-15-6-10(17)7-16-9-3-4-12(14)11(5-9)13(18)19/h3-6,8,16H,2,7H2,1H3,(H,18,19). The van der Waals surface area contributed by atoms with Gasteiger partial charge >= 0.3 is 5.97 Å². The van der Waals surface area contributed by atoms with Crippen molar-refractivity contribution < 1.29 is 14.3 Å². The third kappa shape index (κ3) is 2.90. The summed E-state index contributed by atoms with van der Waals surface area (Å²) < 4.78 is 15.2. The minimum Gasteiger partial charge on any atom is -0.478 e. The van der Waals surface area contributed by atoms with E-state index in [0.717, 1.165) is 18.3 Å². The number of hydrogen-bond acceptors (Lipinski definition) is 3. The first-order valence-corrected chi connectivity index (χ1v) is 5.87. The quantitative estimate of drug-likeness (QED) is 0.869. The molecule has 0 aliphatic carbocycles. The lowest BCUT2D eigenvalue weighted by Gasteiger charge is -2.09. The number of aromatic nitrogens is 2. The molecule has 0 saturated carbocycles. The van der Waals surface area contributed by atoms with Gasteiger partial charge in [0.05, 0.1) is 24.1 Å². The first-order valence-electron chi connectivity index (χ1n) is 5.87. The number of carbonyl (C=O) groups is 1. The number of halogens is 1. The van der Waals surface area contributed by atoms with Crippen molar-refractivity contribution in [1.82, 2.24) is 9.55 Å². The number of carboxylic acids is 1. The summed E-state index contributed by atoms with van der Waals surface area (Å²) in [6.07, 6.45) is 3.46.